The van der Waals surface area contributed by atoms with Crippen LogP contribution in [0.25, 0.3) is 106 Å². The maximum absolute atomic E-state index is 6.35. The van der Waals surface area contributed by atoms with Gasteiger partial charge in [-0.1, -0.05) is 103 Å². The molecule has 0 saturated carbocycles. The van der Waals surface area contributed by atoms with Crippen LogP contribution >= 0.6 is 0 Å². The molecule has 0 bridgehead atoms. The molecule has 4 aromatic heterocycles. The van der Waals surface area contributed by atoms with Gasteiger partial charge in [0.1, 0.15) is 22.3 Å². The second-order valence-corrected chi connectivity index (χ2v) is 12.8. The van der Waals surface area contributed by atoms with Gasteiger partial charge in [-0.25, -0.2) is 15.0 Å². The topological polar surface area (TPSA) is 69.9 Å². The van der Waals surface area contributed by atoms with Crippen molar-refractivity contribution < 1.29 is 8.83 Å². The lowest BCUT2D eigenvalue weighted by molar-refractivity contribution is 0.668. The van der Waals surface area contributed by atoms with Crippen molar-refractivity contribution in [2.75, 3.05) is 0 Å². The highest BCUT2D eigenvalue weighted by atomic mass is 16.3. The first-order chi connectivity index (χ1) is 25.2. The molecular formula is C45H26N4O2. The van der Waals surface area contributed by atoms with E-state index in [-0.39, 0.29) is 0 Å². The van der Waals surface area contributed by atoms with E-state index in [0.717, 1.165) is 77.3 Å². The van der Waals surface area contributed by atoms with Gasteiger partial charge in [-0.05, 0) is 48.5 Å². The molecule has 7 aromatic carbocycles. The Morgan fingerprint density at radius 1 is 0.333 bits per heavy atom. The van der Waals surface area contributed by atoms with Crippen LogP contribution < -0.4 is 0 Å². The number of rotatable bonds is 4. The van der Waals surface area contributed by atoms with Gasteiger partial charge in [0.25, 0.3) is 0 Å². The highest BCUT2D eigenvalue weighted by Gasteiger charge is 2.18. The molecule has 0 N–H and O–H groups in total. The van der Waals surface area contributed by atoms with E-state index in [2.05, 4.69) is 95.6 Å². The largest absolute Gasteiger partial charge is 0.456 e. The summed E-state index contributed by atoms with van der Waals surface area (Å²) < 4.78 is 14.9. The molecule has 0 amide bonds. The van der Waals surface area contributed by atoms with Gasteiger partial charge < -0.3 is 13.4 Å². The molecular weight excluding hydrogens is 629 g/mol. The molecule has 0 aliphatic heterocycles. The fourth-order valence-corrected chi connectivity index (χ4v) is 7.47. The molecule has 238 valence electrons. The smallest absolute Gasteiger partial charge is 0.164 e. The Morgan fingerprint density at radius 3 is 1.67 bits per heavy atom. The molecule has 6 heteroatoms. The Hall–Kier alpha value is -7.05. The third kappa shape index (κ3) is 4.33. The first-order valence-corrected chi connectivity index (χ1v) is 16.9. The molecule has 6 nitrogen and oxygen atoms in total. The van der Waals surface area contributed by atoms with Crippen molar-refractivity contribution in [3.8, 4) is 39.9 Å². The Kier molecular flexibility index (Phi) is 5.86. The second kappa shape index (κ2) is 10.7. The Labute approximate surface area is 290 Å². The van der Waals surface area contributed by atoms with Gasteiger partial charge in [0.05, 0.1) is 11.0 Å². The summed E-state index contributed by atoms with van der Waals surface area (Å²) in [6.07, 6.45) is 0. The van der Waals surface area contributed by atoms with E-state index in [1.165, 1.54) is 10.8 Å². The van der Waals surface area contributed by atoms with Crippen LogP contribution in [0, 0.1) is 0 Å². The van der Waals surface area contributed by atoms with Crippen LogP contribution in [0.2, 0.25) is 0 Å². The molecule has 11 aromatic rings. The summed E-state index contributed by atoms with van der Waals surface area (Å²) in [5, 5.41) is 6.73. The molecule has 0 aliphatic carbocycles. The number of aromatic nitrogens is 4. The zero-order valence-corrected chi connectivity index (χ0v) is 27.1. The average Bonchev–Trinajstić information content (AvgIpc) is 3.86. The Balaban J connectivity index is 1.11. The number of furan rings is 2. The molecule has 4 heterocycles. The monoisotopic (exact) mass is 654 g/mol. The third-order valence-corrected chi connectivity index (χ3v) is 9.84. The van der Waals surface area contributed by atoms with Gasteiger partial charge in [0.2, 0.25) is 0 Å². The standard InChI is InChI=1S/C45H26N4O2/c1-2-11-27(12-3-1)43-46-44(48-45(47-43)29-21-22-34-32-16-5-8-19-39(32)50-41(34)24-29)28-13-10-14-30(23-28)49-37-18-7-4-15-31(37)35-25-36-33-17-6-9-20-40(33)51-42(36)26-38(35)49/h1-26H. The summed E-state index contributed by atoms with van der Waals surface area (Å²) in [6, 6.07) is 53.9. The van der Waals surface area contributed by atoms with E-state index >= 15 is 0 Å². The highest BCUT2D eigenvalue weighted by Crippen LogP contribution is 2.39. The quantitative estimate of drug-likeness (QED) is 0.189. The SMILES string of the molecule is c1ccc(-c2nc(-c3cccc(-n4c5ccccc5c5cc6c(cc54)oc4ccccc46)c3)nc(-c3ccc4c(c3)oc3ccccc34)n2)cc1. The van der Waals surface area contributed by atoms with E-state index < -0.39 is 0 Å². The molecule has 11 rings (SSSR count). The van der Waals surface area contributed by atoms with Crippen molar-refractivity contribution in [1.29, 1.82) is 0 Å². The Bertz CT molecular complexity index is 3150. The van der Waals surface area contributed by atoms with Crippen molar-refractivity contribution in [3.05, 3.63) is 158 Å². The third-order valence-electron chi connectivity index (χ3n) is 9.84. The summed E-state index contributed by atoms with van der Waals surface area (Å²) in [5.74, 6) is 1.77. The minimum atomic E-state index is 0.579. The van der Waals surface area contributed by atoms with E-state index in [1.807, 2.05) is 66.7 Å². The van der Waals surface area contributed by atoms with Crippen LogP contribution in [0.5, 0.6) is 0 Å². The fraction of sp³-hybridized carbons (Fsp3) is 0. The van der Waals surface area contributed by atoms with Crippen LogP contribution in [-0.4, -0.2) is 19.5 Å². The van der Waals surface area contributed by atoms with Gasteiger partial charge in [-0.15, -0.1) is 0 Å². The number of para-hydroxylation sites is 3. The Morgan fingerprint density at radius 2 is 0.902 bits per heavy atom. The van der Waals surface area contributed by atoms with Gasteiger partial charge in [0.15, 0.2) is 17.5 Å². The van der Waals surface area contributed by atoms with Crippen LogP contribution in [0.3, 0.4) is 0 Å². The molecule has 0 saturated heterocycles. The number of fused-ring (bicyclic) bond motifs is 9. The molecule has 0 spiro atoms. The lowest BCUT2D eigenvalue weighted by atomic mass is 10.1. The van der Waals surface area contributed by atoms with Crippen LogP contribution in [0.1, 0.15) is 0 Å². The maximum Gasteiger partial charge on any atom is 0.164 e. The predicted molar refractivity (Wildman–Crippen MR) is 205 cm³/mol. The van der Waals surface area contributed by atoms with Crippen LogP contribution in [-0.2, 0) is 0 Å². The molecule has 0 radical (unpaired) electrons. The summed E-state index contributed by atoms with van der Waals surface area (Å²) in [6.45, 7) is 0. The lowest BCUT2D eigenvalue weighted by Gasteiger charge is -2.11. The number of benzene rings is 7. The van der Waals surface area contributed by atoms with E-state index in [1.54, 1.807) is 0 Å². The van der Waals surface area contributed by atoms with Crippen molar-refractivity contribution in [1.82, 2.24) is 19.5 Å². The number of hydrogen-bond acceptors (Lipinski definition) is 5. The van der Waals surface area contributed by atoms with Crippen molar-refractivity contribution in [2.24, 2.45) is 0 Å². The molecule has 0 fully saturated rings. The lowest BCUT2D eigenvalue weighted by Crippen LogP contribution is -2.01. The molecule has 51 heavy (non-hydrogen) atoms. The summed E-state index contributed by atoms with van der Waals surface area (Å²) in [7, 11) is 0. The van der Waals surface area contributed by atoms with E-state index in [4.69, 9.17) is 23.8 Å². The van der Waals surface area contributed by atoms with Gasteiger partial charge >= 0.3 is 0 Å². The van der Waals surface area contributed by atoms with Gasteiger partial charge in [-0.3, -0.25) is 0 Å². The predicted octanol–water partition coefficient (Wildman–Crippen LogP) is 11.8. The number of nitrogens with zero attached hydrogens (tertiary/aromatic N) is 4. The highest BCUT2D eigenvalue weighted by molar-refractivity contribution is 6.17. The normalized spacial score (nSPS) is 11.9. The summed E-state index contributed by atoms with van der Waals surface area (Å²) >= 11 is 0. The second-order valence-electron chi connectivity index (χ2n) is 12.8. The van der Waals surface area contributed by atoms with Crippen molar-refractivity contribution in [3.63, 3.8) is 0 Å². The van der Waals surface area contributed by atoms with Crippen molar-refractivity contribution in [2.45, 2.75) is 0 Å². The van der Waals surface area contributed by atoms with Crippen molar-refractivity contribution >= 4 is 65.7 Å². The van der Waals surface area contributed by atoms with E-state index in [0.29, 0.717) is 17.5 Å². The first kappa shape index (κ1) is 27.9. The van der Waals surface area contributed by atoms with E-state index in [9.17, 15) is 0 Å². The minimum absolute atomic E-state index is 0.579. The van der Waals surface area contributed by atoms with Crippen LogP contribution in [0.4, 0.5) is 0 Å². The molecule has 0 aliphatic rings. The summed E-state index contributed by atoms with van der Waals surface area (Å²) in [5.41, 5.74) is 9.24. The zero-order valence-electron chi connectivity index (χ0n) is 27.1. The number of hydrogen-bond donors (Lipinski definition) is 0. The average molecular weight is 655 g/mol. The summed E-state index contributed by atoms with van der Waals surface area (Å²) in [4.78, 5) is 15.1. The van der Waals surface area contributed by atoms with Gasteiger partial charge in [-0.2, -0.15) is 0 Å². The fourth-order valence-electron chi connectivity index (χ4n) is 7.47. The minimum Gasteiger partial charge on any atom is -0.456 e. The molecule has 0 atom stereocenters. The van der Waals surface area contributed by atoms with Crippen LogP contribution in [0.15, 0.2) is 167 Å². The van der Waals surface area contributed by atoms with Gasteiger partial charge in [0, 0.05) is 60.8 Å². The first-order valence-electron chi connectivity index (χ1n) is 16.9. The maximum atomic E-state index is 6.35. The molecule has 0 unspecified atom stereocenters. The zero-order chi connectivity index (χ0) is 33.5.